The van der Waals surface area contributed by atoms with Crippen LogP contribution in [0.25, 0.3) is 6.08 Å². The summed E-state index contributed by atoms with van der Waals surface area (Å²) >= 11 is 0.613. The standard InChI is InChI=1S/C23H23N3O7S/c1-4-33-18-10-14(9-17(21(18)28)26(31)32)11-19-22(29)25(23(30)34-19)12-20(27)24-16-7-5-15(6-8-16)13(2)3/h5-11,13,28H,4,12H2,1-3H3,(H,24,27)/b19-11-. The number of carbonyl (C=O) groups is 3. The number of hydrogen-bond donors (Lipinski definition) is 2. The third kappa shape index (κ3) is 5.54. The Labute approximate surface area is 199 Å². The maximum Gasteiger partial charge on any atom is 0.315 e. The maximum atomic E-state index is 12.7. The van der Waals surface area contributed by atoms with Crippen molar-refractivity contribution in [3.8, 4) is 11.5 Å². The summed E-state index contributed by atoms with van der Waals surface area (Å²) in [5, 5.41) is 23.3. The van der Waals surface area contributed by atoms with Gasteiger partial charge in [-0.15, -0.1) is 0 Å². The summed E-state index contributed by atoms with van der Waals surface area (Å²) in [7, 11) is 0. The molecule has 2 aromatic rings. The van der Waals surface area contributed by atoms with E-state index >= 15 is 0 Å². The minimum Gasteiger partial charge on any atom is -0.500 e. The molecule has 0 saturated carbocycles. The Bertz CT molecular complexity index is 1180. The molecule has 0 aromatic heterocycles. The fourth-order valence-corrected chi connectivity index (χ4v) is 4.02. The maximum absolute atomic E-state index is 12.7. The lowest BCUT2D eigenvalue weighted by Crippen LogP contribution is -2.36. The number of phenolic OH excluding ortho intramolecular Hbond substituents is 1. The number of nitrogens with one attached hydrogen (secondary N) is 1. The van der Waals surface area contributed by atoms with Crippen molar-refractivity contribution in [3.63, 3.8) is 0 Å². The zero-order chi connectivity index (χ0) is 25.0. The van der Waals surface area contributed by atoms with E-state index < -0.39 is 40.0 Å². The summed E-state index contributed by atoms with van der Waals surface area (Å²) in [6.07, 6.45) is 1.28. The Hall–Kier alpha value is -3.86. The predicted molar refractivity (Wildman–Crippen MR) is 128 cm³/mol. The topological polar surface area (TPSA) is 139 Å². The zero-order valence-electron chi connectivity index (χ0n) is 18.7. The van der Waals surface area contributed by atoms with Gasteiger partial charge in [-0.05, 0) is 60.0 Å². The third-order valence-electron chi connectivity index (χ3n) is 4.91. The van der Waals surface area contributed by atoms with Crippen LogP contribution in [-0.2, 0) is 9.59 Å². The van der Waals surface area contributed by atoms with Crippen molar-refractivity contribution < 1.29 is 29.2 Å². The minimum atomic E-state index is -0.779. The van der Waals surface area contributed by atoms with Crippen molar-refractivity contribution in [2.24, 2.45) is 0 Å². The molecular formula is C23H23N3O7S. The predicted octanol–water partition coefficient (Wildman–Crippen LogP) is 4.50. The van der Waals surface area contributed by atoms with Crippen molar-refractivity contribution in [2.45, 2.75) is 26.7 Å². The minimum absolute atomic E-state index is 0.0125. The molecule has 1 aliphatic heterocycles. The van der Waals surface area contributed by atoms with Gasteiger partial charge in [-0.2, -0.15) is 0 Å². The molecule has 0 bridgehead atoms. The highest BCUT2D eigenvalue weighted by atomic mass is 32.2. The van der Waals surface area contributed by atoms with E-state index in [1.165, 1.54) is 12.1 Å². The van der Waals surface area contributed by atoms with Gasteiger partial charge in [0.2, 0.25) is 11.7 Å². The Kier molecular flexibility index (Phi) is 7.57. The molecule has 3 rings (SSSR count). The first-order valence-corrected chi connectivity index (χ1v) is 11.2. The number of thioether (sulfide) groups is 1. The second-order valence-corrected chi connectivity index (χ2v) is 8.66. The number of amides is 3. The Morgan fingerprint density at radius 2 is 1.94 bits per heavy atom. The molecule has 0 aliphatic carbocycles. The molecular weight excluding hydrogens is 462 g/mol. The first kappa shape index (κ1) is 24.8. The molecule has 10 nitrogen and oxygen atoms in total. The largest absolute Gasteiger partial charge is 0.500 e. The van der Waals surface area contributed by atoms with Crippen molar-refractivity contribution in [3.05, 3.63) is 62.5 Å². The van der Waals surface area contributed by atoms with Gasteiger partial charge in [0.1, 0.15) is 6.54 Å². The fourth-order valence-electron chi connectivity index (χ4n) is 3.19. The SMILES string of the molecule is CCOc1cc(/C=C2\SC(=O)N(CC(=O)Nc3ccc(C(C)C)cc3)C2=O)cc([N+](=O)[O-])c1O. The molecule has 11 heteroatoms. The van der Waals surface area contributed by atoms with E-state index in [1.807, 2.05) is 12.1 Å². The summed E-state index contributed by atoms with van der Waals surface area (Å²) in [5.41, 5.74) is 1.24. The number of nitro groups is 1. The second kappa shape index (κ2) is 10.4. The van der Waals surface area contributed by atoms with Crippen LogP contribution in [0, 0.1) is 10.1 Å². The molecule has 1 aliphatic rings. The van der Waals surface area contributed by atoms with Crippen LogP contribution in [0.5, 0.6) is 11.5 Å². The van der Waals surface area contributed by atoms with Crippen LogP contribution in [-0.4, -0.2) is 45.1 Å². The summed E-state index contributed by atoms with van der Waals surface area (Å²) in [4.78, 5) is 48.8. The monoisotopic (exact) mass is 485 g/mol. The number of nitrogens with zero attached hydrogens (tertiary/aromatic N) is 2. The molecule has 1 heterocycles. The molecule has 1 saturated heterocycles. The Balaban J connectivity index is 1.76. The van der Waals surface area contributed by atoms with E-state index in [9.17, 15) is 29.6 Å². The van der Waals surface area contributed by atoms with Gasteiger partial charge in [0, 0.05) is 11.8 Å². The van der Waals surface area contributed by atoms with Crippen molar-refractivity contribution in [1.29, 1.82) is 0 Å². The van der Waals surface area contributed by atoms with Crippen LogP contribution in [0.1, 0.15) is 37.8 Å². The molecule has 3 amide bonds. The van der Waals surface area contributed by atoms with Crippen LogP contribution < -0.4 is 10.1 Å². The average molecular weight is 486 g/mol. The Morgan fingerprint density at radius 1 is 1.26 bits per heavy atom. The number of rotatable bonds is 8. The van der Waals surface area contributed by atoms with Gasteiger partial charge in [-0.1, -0.05) is 26.0 Å². The van der Waals surface area contributed by atoms with E-state index in [-0.39, 0.29) is 22.8 Å². The van der Waals surface area contributed by atoms with E-state index in [2.05, 4.69) is 19.2 Å². The molecule has 178 valence electrons. The van der Waals surface area contributed by atoms with Gasteiger partial charge in [-0.3, -0.25) is 29.4 Å². The van der Waals surface area contributed by atoms with Gasteiger partial charge in [0.05, 0.1) is 16.4 Å². The highest BCUT2D eigenvalue weighted by Gasteiger charge is 2.36. The number of ether oxygens (including phenoxy) is 1. The number of nitro benzene ring substituents is 1. The first-order chi connectivity index (χ1) is 16.1. The van der Waals surface area contributed by atoms with Crippen LogP contribution >= 0.6 is 11.8 Å². The van der Waals surface area contributed by atoms with Crippen LogP contribution in [0.4, 0.5) is 16.2 Å². The highest BCUT2D eigenvalue weighted by Crippen LogP contribution is 2.39. The fraction of sp³-hybridized carbons (Fsp3) is 0.261. The summed E-state index contributed by atoms with van der Waals surface area (Å²) in [6, 6.07) is 9.66. The first-order valence-electron chi connectivity index (χ1n) is 10.4. The van der Waals surface area contributed by atoms with Crippen LogP contribution in [0.15, 0.2) is 41.3 Å². The van der Waals surface area contributed by atoms with Gasteiger partial charge in [0.15, 0.2) is 5.75 Å². The number of imide groups is 1. The lowest BCUT2D eigenvalue weighted by atomic mass is 10.0. The molecule has 1 fully saturated rings. The molecule has 0 atom stereocenters. The number of phenols is 1. The number of hydrogen-bond acceptors (Lipinski definition) is 8. The van der Waals surface area contributed by atoms with Crippen molar-refractivity contribution in [2.75, 3.05) is 18.5 Å². The lowest BCUT2D eigenvalue weighted by Gasteiger charge is -2.13. The van der Waals surface area contributed by atoms with Crippen molar-refractivity contribution in [1.82, 2.24) is 4.90 Å². The molecule has 0 spiro atoms. The third-order valence-corrected chi connectivity index (χ3v) is 5.82. The lowest BCUT2D eigenvalue weighted by molar-refractivity contribution is -0.386. The molecule has 0 radical (unpaired) electrons. The van der Waals surface area contributed by atoms with Gasteiger partial charge in [-0.25, -0.2) is 0 Å². The van der Waals surface area contributed by atoms with E-state index in [1.54, 1.807) is 19.1 Å². The summed E-state index contributed by atoms with van der Waals surface area (Å²) in [5.74, 6) is -1.65. The molecule has 2 aromatic carbocycles. The van der Waals surface area contributed by atoms with Crippen molar-refractivity contribution >= 4 is 46.3 Å². The second-order valence-electron chi connectivity index (χ2n) is 7.67. The number of benzene rings is 2. The van der Waals surface area contributed by atoms with Crippen LogP contribution in [0.2, 0.25) is 0 Å². The summed E-state index contributed by atoms with van der Waals surface area (Å²) < 4.78 is 5.23. The van der Waals surface area contributed by atoms with E-state index in [4.69, 9.17) is 4.74 Å². The number of carbonyl (C=O) groups excluding carboxylic acids is 3. The number of anilines is 1. The van der Waals surface area contributed by atoms with Gasteiger partial charge < -0.3 is 15.2 Å². The zero-order valence-corrected chi connectivity index (χ0v) is 19.5. The summed E-state index contributed by atoms with van der Waals surface area (Å²) in [6.45, 7) is 5.42. The average Bonchev–Trinajstić information content (AvgIpc) is 3.03. The number of aromatic hydroxyl groups is 1. The van der Waals surface area contributed by atoms with Gasteiger partial charge in [0.25, 0.3) is 11.1 Å². The quantitative estimate of drug-likeness (QED) is 0.317. The van der Waals surface area contributed by atoms with Gasteiger partial charge >= 0.3 is 5.69 Å². The Morgan fingerprint density at radius 3 is 2.53 bits per heavy atom. The molecule has 0 unspecified atom stereocenters. The normalized spacial score (nSPS) is 14.7. The van der Waals surface area contributed by atoms with Crippen LogP contribution in [0.3, 0.4) is 0 Å². The smallest absolute Gasteiger partial charge is 0.315 e. The highest BCUT2D eigenvalue weighted by molar-refractivity contribution is 8.18. The molecule has 2 N–H and O–H groups in total. The van der Waals surface area contributed by atoms with E-state index in [0.29, 0.717) is 23.4 Å². The molecule has 34 heavy (non-hydrogen) atoms. The van der Waals surface area contributed by atoms with E-state index in [0.717, 1.165) is 16.5 Å².